The van der Waals surface area contributed by atoms with E-state index in [0.717, 1.165) is 40.1 Å². The zero-order valence-electron chi connectivity index (χ0n) is 37.9. The van der Waals surface area contributed by atoms with Crippen LogP contribution in [-0.4, -0.2) is 86.9 Å². The Kier molecular flexibility index (Phi) is 13.3. The number of benzene rings is 3. The highest BCUT2D eigenvalue weighted by atomic mass is 19.4. The fourth-order valence-electron chi connectivity index (χ4n) is 9.23. The molecule has 356 valence electrons. The van der Waals surface area contributed by atoms with E-state index in [4.69, 9.17) is 5.73 Å². The zero-order chi connectivity index (χ0) is 48.5. The Balaban J connectivity index is 0.818. The van der Waals surface area contributed by atoms with E-state index in [0.29, 0.717) is 73.5 Å². The van der Waals surface area contributed by atoms with Crippen LogP contribution in [0.3, 0.4) is 0 Å². The largest absolute Gasteiger partial charge is 0.573 e. The van der Waals surface area contributed by atoms with Gasteiger partial charge in [-0.2, -0.15) is 0 Å². The number of halogens is 3. The van der Waals surface area contributed by atoms with Crippen LogP contribution in [0.4, 0.5) is 30.4 Å². The second-order valence-corrected chi connectivity index (χ2v) is 18.3. The topological polar surface area (TPSA) is 211 Å². The summed E-state index contributed by atoms with van der Waals surface area (Å²) >= 11 is 0. The molecule has 0 aliphatic carbocycles. The molecule has 0 bridgehead atoms. The second kappa shape index (κ2) is 19.1. The van der Waals surface area contributed by atoms with Gasteiger partial charge in [0.1, 0.15) is 29.6 Å². The first-order chi connectivity index (χ1) is 32.4. The number of amides is 6. The van der Waals surface area contributed by atoms with E-state index in [2.05, 4.69) is 37.6 Å². The van der Waals surface area contributed by atoms with Crippen molar-refractivity contribution >= 4 is 63.7 Å². The van der Waals surface area contributed by atoms with E-state index < -0.39 is 41.4 Å². The third-order valence-electron chi connectivity index (χ3n) is 12.8. The van der Waals surface area contributed by atoms with Gasteiger partial charge >= 0.3 is 6.36 Å². The third kappa shape index (κ3) is 10.0. The number of anilines is 3. The number of nitrogens with two attached hydrogens (primary N) is 1. The molecule has 5 N–H and O–H groups in total. The van der Waals surface area contributed by atoms with E-state index in [1.807, 2.05) is 42.8 Å². The van der Waals surface area contributed by atoms with Crippen molar-refractivity contribution in [2.45, 2.75) is 91.1 Å². The number of carbonyl (C=O) groups is 6. The number of carbonyl (C=O) groups excluding carboxylic acids is 6. The van der Waals surface area contributed by atoms with Crippen LogP contribution in [0.1, 0.15) is 91.1 Å². The van der Waals surface area contributed by atoms with E-state index in [-0.39, 0.29) is 53.9 Å². The second-order valence-electron chi connectivity index (χ2n) is 18.3. The number of aryl methyl sites for hydroxylation is 1. The van der Waals surface area contributed by atoms with Crippen LogP contribution >= 0.6 is 0 Å². The quantitative estimate of drug-likeness (QED) is 0.0579. The molecule has 19 heteroatoms. The standard InChI is InChI=1S/C49H52F3N9O7/c1-28(25-55-35-12-5-11-33-40(35)46(66)61(45(33)65)37-15-16-38(62)58-44(37)64)8-6-18-48(2,3)47(67)54-19-7-20-59-26-34(41-42(53)56-27-57-43(41)59)30-13-14-36-31(24-30)17-21-60(36)39(63)23-29-9-4-10-32(22-29)68-49(50,51)52/h4-5,9-14,22,24,26-28,37,55H,6-8,15-21,23,25H2,1-3H3,(H,54,67)(H2,53,56,57)(H,58,62,64). The van der Waals surface area contributed by atoms with Crippen molar-refractivity contribution in [1.29, 1.82) is 0 Å². The van der Waals surface area contributed by atoms with Crippen molar-refractivity contribution < 1.29 is 46.7 Å². The van der Waals surface area contributed by atoms with Crippen LogP contribution in [0.25, 0.3) is 22.2 Å². The Hall–Kier alpha value is -7.31. The summed E-state index contributed by atoms with van der Waals surface area (Å²) in [7, 11) is 0. The SMILES string of the molecule is CC(CCCC(C)(C)C(=O)NCCCn1cc(-c2ccc3c(c2)CCN3C(=O)Cc2cccc(OC(F)(F)F)c2)c2c(N)ncnc21)CNc1cccc2c1C(=O)N(C1CCC(=O)NC1=O)C2=O. The van der Waals surface area contributed by atoms with Gasteiger partial charge in [-0.25, -0.2) is 9.97 Å². The number of rotatable bonds is 17. The molecule has 0 saturated carbocycles. The average Bonchev–Trinajstić information content (AvgIpc) is 3.96. The van der Waals surface area contributed by atoms with Gasteiger partial charge in [0.2, 0.25) is 23.6 Å². The summed E-state index contributed by atoms with van der Waals surface area (Å²) < 4.78 is 44.3. The van der Waals surface area contributed by atoms with Crippen LogP contribution in [0.5, 0.6) is 5.75 Å². The van der Waals surface area contributed by atoms with Gasteiger partial charge in [0.25, 0.3) is 11.8 Å². The summed E-state index contributed by atoms with van der Waals surface area (Å²) in [4.78, 5) is 89.0. The summed E-state index contributed by atoms with van der Waals surface area (Å²) in [6.45, 7) is 7.78. The molecule has 2 atom stereocenters. The predicted molar refractivity (Wildman–Crippen MR) is 246 cm³/mol. The molecule has 0 radical (unpaired) electrons. The van der Waals surface area contributed by atoms with Crippen LogP contribution in [0.2, 0.25) is 0 Å². The van der Waals surface area contributed by atoms with E-state index in [1.165, 1.54) is 24.5 Å². The number of nitrogen functional groups attached to an aromatic ring is 1. The highest BCUT2D eigenvalue weighted by Gasteiger charge is 2.45. The maximum Gasteiger partial charge on any atom is 0.573 e. The van der Waals surface area contributed by atoms with Crippen molar-refractivity contribution in [2.24, 2.45) is 11.3 Å². The number of hydrogen-bond acceptors (Lipinski definition) is 11. The molecule has 3 aromatic carbocycles. The molecule has 3 aliphatic heterocycles. The van der Waals surface area contributed by atoms with Crippen LogP contribution in [0.15, 0.2) is 73.2 Å². The fourth-order valence-corrected chi connectivity index (χ4v) is 9.23. The van der Waals surface area contributed by atoms with E-state index in [9.17, 15) is 41.9 Å². The molecule has 8 rings (SSSR count). The van der Waals surface area contributed by atoms with Gasteiger partial charge in [-0.05, 0) is 91.1 Å². The van der Waals surface area contributed by atoms with Crippen molar-refractivity contribution in [1.82, 2.24) is 30.1 Å². The van der Waals surface area contributed by atoms with Crippen molar-refractivity contribution in [3.63, 3.8) is 0 Å². The number of fused-ring (bicyclic) bond motifs is 3. The Bertz CT molecular complexity index is 2830. The lowest BCUT2D eigenvalue weighted by Crippen LogP contribution is -2.54. The van der Waals surface area contributed by atoms with Crippen LogP contribution < -0.4 is 31.3 Å². The van der Waals surface area contributed by atoms with Crippen molar-refractivity contribution in [3.8, 4) is 16.9 Å². The molecule has 3 aliphatic rings. The first-order valence-electron chi connectivity index (χ1n) is 22.6. The first kappa shape index (κ1) is 47.2. The maximum absolute atomic E-state index is 13.5. The molecule has 1 fully saturated rings. The zero-order valence-corrected chi connectivity index (χ0v) is 37.9. The number of hydrogen-bond donors (Lipinski definition) is 4. The van der Waals surface area contributed by atoms with Crippen molar-refractivity contribution in [2.75, 3.05) is 35.6 Å². The number of piperidine rings is 1. The minimum Gasteiger partial charge on any atom is -0.406 e. The van der Waals surface area contributed by atoms with Gasteiger partial charge in [-0.1, -0.05) is 51.5 Å². The Morgan fingerprint density at radius 1 is 0.971 bits per heavy atom. The molecule has 5 heterocycles. The molecular weight excluding hydrogens is 884 g/mol. The summed E-state index contributed by atoms with van der Waals surface area (Å²) in [6.07, 6.45) is 1.96. The molecular formula is C49H52F3N9O7. The van der Waals surface area contributed by atoms with Gasteiger partial charge in [0, 0.05) is 61.1 Å². The Morgan fingerprint density at radius 3 is 2.54 bits per heavy atom. The molecule has 5 aromatic rings. The van der Waals surface area contributed by atoms with Crippen molar-refractivity contribution in [3.05, 3.63) is 95.4 Å². The summed E-state index contributed by atoms with van der Waals surface area (Å²) in [5, 5.41) is 9.31. The minimum atomic E-state index is -4.84. The van der Waals surface area contributed by atoms with E-state index >= 15 is 0 Å². The molecule has 68 heavy (non-hydrogen) atoms. The van der Waals surface area contributed by atoms with Gasteiger partial charge in [0.05, 0.1) is 22.9 Å². The Morgan fingerprint density at radius 2 is 1.76 bits per heavy atom. The monoisotopic (exact) mass is 935 g/mol. The van der Waals surface area contributed by atoms with Gasteiger partial charge in [-0.15, -0.1) is 13.2 Å². The highest BCUT2D eigenvalue weighted by molar-refractivity contribution is 6.25. The number of nitrogens with one attached hydrogen (secondary N) is 3. The average molecular weight is 936 g/mol. The van der Waals surface area contributed by atoms with Gasteiger partial charge in [0.15, 0.2) is 0 Å². The van der Waals surface area contributed by atoms with E-state index in [1.54, 1.807) is 29.2 Å². The fraction of sp³-hybridized carbons (Fsp3) is 0.388. The minimum absolute atomic E-state index is 0.0428. The molecule has 1 saturated heterocycles. The summed E-state index contributed by atoms with van der Waals surface area (Å²) in [6, 6.07) is 15.1. The maximum atomic E-state index is 13.5. The number of alkyl halides is 3. The van der Waals surface area contributed by atoms with Gasteiger partial charge in [-0.3, -0.25) is 39.0 Å². The molecule has 16 nitrogen and oxygen atoms in total. The summed E-state index contributed by atoms with van der Waals surface area (Å²) in [5.74, 6) is -2.44. The van der Waals surface area contributed by atoms with Crippen LogP contribution in [0, 0.1) is 11.3 Å². The number of ether oxygens (including phenoxy) is 1. The smallest absolute Gasteiger partial charge is 0.406 e. The number of nitrogens with zero attached hydrogens (tertiary/aromatic N) is 5. The Labute approximate surface area is 389 Å². The highest BCUT2D eigenvalue weighted by Crippen LogP contribution is 2.38. The molecule has 2 aromatic heterocycles. The first-order valence-corrected chi connectivity index (χ1v) is 22.6. The van der Waals surface area contributed by atoms with Gasteiger partial charge < -0.3 is 30.6 Å². The van der Waals surface area contributed by atoms with Crippen LogP contribution in [-0.2, 0) is 38.6 Å². The normalized spacial score (nSPS) is 16.5. The number of aromatic nitrogens is 3. The lowest BCUT2D eigenvalue weighted by atomic mass is 9.85. The number of imide groups is 2. The molecule has 6 amide bonds. The third-order valence-corrected chi connectivity index (χ3v) is 12.8. The molecule has 2 unspecified atom stereocenters. The lowest BCUT2D eigenvalue weighted by Gasteiger charge is -2.27. The predicted octanol–water partition coefficient (Wildman–Crippen LogP) is 6.56. The lowest BCUT2D eigenvalue weighted by molar-refractivity contribution is -0.274. The molecule has 0 spiro atoms. The summed E-state index contributed by atoms with van der Waals surface area (Å²) in [5.41, 5.74) is 11.1.